The van der Waals surface area contributed by atoms with Crippen LogP contribution in [0.15, 0.2) is 6.20 Å². The highest BCUT2D eigenvalue weighted by Crippen LogP contribution is 2.22. The molecule has 1 aromatic rings. The average Bonchev–Trinajstić information content (AvgIpc) is 2.65. The summed E-state index contributed by atoms with van der Waals surface area (Å²) in [6.45, 7) is 0.771. The number of hydrogen-bond acceptors (Lipinski definition) is 5. The molecule has 1 heterocycles. The summed E-state index contributed by atoms with van der Waals surface area (Å²) in [6.07, 6.45) is 1.32. The number of rotatable bonds is 6. The van der Waals surface area contributed by atoms with E-state index in [0.717, 1.165) is 0 Å². The summed E-state index contributed by atoms with van der Waals surface area (Å²) in [5.74, 6) is 0.263. The van der Waals surface area contributed by atoms with E-state index in [0.29, 0.717) is 18.1 Å². The minimum atomic E-state index is 0.198. The van der Waals surface area contributed by atoms with Crippen LogP contribution in [0.5, 0.6) is 5.88 Å². The molecule has 0 spiro atoms. The van der Waals surface area contributed by atoms with Crippen LogP contribution in [0.3, 0.4) is 0 Å². The lowest BCUT2D eigenvalue weighted by Crippen LogP contribution is -2.06. The van der Waals surface area contributed by atoms with E-state index >= 15 is 0 Å². The molecule has 0 radical (unpaired) electrons. The summed E-state index contributed by atoms with van der Waals surface area (Å²) in [4.78, 5) is 15.8. The summed E-state index contributed by atoms with van der Waals surface area (Å²) >= 11 is 0. The zero-order valence-corrected chi connectivity index (χ0v) is 8.02. The van der Waals surface area contributed by atoms with Crippen molar-refractivity contribution < 1.29 is 19.2 Å². The number of ether oxygens (including phenoxy) is 2. The van der Waals surface area contributed by atoms with Crippen LogP contribution in [0, 0.1) is 4.91 Å². The topological polar surface area (TPSA) is 76.5 Å². The van der Waals surface area contributed by atoms with Crippen LogP contribution >= 0.6 is 0 Å². The molecule has 0 aliphatic heterocycles. The van der Waals surface area contributed by atoms with E-state index in [1.165, 1.54) is 13.3 Å². The van der Waals surface area contributed by atoms with E-state index in [2.05, 4.69) is 15.0 Å². The number of hydrogen-bond donors (Lipinski definition) is 1. The predicted molar refractivity (Wildman–Crippen MR) is 46.3 cm³/mol. The first-order chi connectivity index (χ1) is 6.79. The van der Waals surface area contributed by atoms with Gasteiger partial charge in [-0.1, -0.05) is 0 Å². The molecule has 0 fully saturated rings. The highest BCUT2D eigenvalue weighted by atomic mass is 16.8. The highest BCUT2D eigenvalue weighted by molar-refractivity contribution is 5.36. The molecular weight excluding hydrogens is 190 g/mol. The third kappa shape index (κ3) is 2.43. The second kappa shape index (κ2) is 5.18. The van der Waals surface area contributed by atoms with Gasteiger partial charge in [-0.2, -0.15) is 5.10 Å². The first kappa shape index (κ1) is 10.5. The number of nitrogens with zero attached hydrogens (tertiary/aromatic N) is 2. The molecule has 1 rings (SSSR count). The Morgan fingerprint density at radius 2 is 2.29 bits per heavy atom. The van der Waals surface area contributed by atoms with Crippen molar-refractivity contribution in [2.75, 3.05) is 27.4 Å². The molecule has 0 atom stereocenters. The molecule has 14 heavy (non-hydrogen) atoms. The molecule has 7 nitrogen and oxygen atoms in total. The zero-order valence-electron chi connectivity index (χ0n) is 8.02. The van der Waals surface area contributed by atoms with Gasteiger partial charge in [-0.15, -0.1) is 0 Å². The Morgan fingerprint density at radius 1 is 1.50 bits per heavy atom. The Labute approximate surface area is 80.5 Å². The van der Waals surface area contributed by atoms with Crippen molar-refractivity contribution >= 4 is 5.69 Å². The lowest BCUT2D eigenvalue weighted by atomic mass is 10.5. The number of nitrogens with one attached hydrogen (secondary N) is 1. The van der Waals surface area contributed by atoms with Gasteiger partial charge in [0, 0.05) is 7.11 Å². The van der Waals surface area contributed by atoms with Crippen LogP contribution in [0.1, 0.15) is 0 Å². The summed E-state index contributed by atoms with van der Waals surface area (Å²) in [6, 6.07) is 0. The SMILES string of the molecule is COCCOc1[nH]ncc1[N+](=O)OC. The van der Waals surface area contributed by atoms with Gasteiger partial charge in [-0.05, 0) is 0 Å². The molecule has 0 aliphatic rings. The van der Waals surface area contributed by atoms with Crippen LogP contribution in [-0.4, -0.2) is 42.6 Å². The van der Waals surface area contributed by atoms with Crippen LogP contribution in [-0.2, 0) is 9.57 Å². The Balaban J connectivity index is 2.58. The lowest BCUT2D eigenvalue weighted by Gasteiger charge is -1.99. The van der Waals surface area contributed by atoms with Crippen LogP contribution < -0.4 is 4.74 Å². The van der Waals surface area contributed by atoms with E-state index in [-0.39, 0.29) is 11.6 Å². The third-order valence-corrected chi connectivity index (χ3v) is 1.48. The smallest absolute Gasteiger partial charge is 0.397 e. The summed E-state index contributed by atoms with van der Waals surface area (Å²) in [5.41, 5.74) is 0.198. The van der Waals surface area contributed by atoms with Gasteiger partial charge < -0.3 is 9.47 Å². The molecule has 0 bridgehead atoms. The summed E-state index contributed by atoms with van der Waals surface area (Å²) < 4.78 is 9.96. The van der Waals surface area contributed by atoms with Crippen molar-refractivity contribution in [3.05, 3.63) is 11.1 Å². The quantitative estimate of drug-likeness (QED) is 0.534. The maximum atomic E-state index is 11.1. The second-order valence-corrected chi connectivity index (χ2v) is 2.37. The molecule has 78 valence electrons. The zero-order chi connectivity index (χ0) is 10.4. The number of H-pyrrole nitrogens is 1. The Hall–Kier alpha value is -1.63. The monoisotopic (exact) mass is 202 g/mol. The predicted octanol–water partition coefficient (Wildman–Crippen LogP) is 0.407. The van der Waals surface area contributed by atoms with E-state index in [9.17, 15) is 4.91 Å². The van der Waals surface area contributed by atoms with Crippen LogP contribution in [0.25, 0.3) is 0 Å². The van der Waals surface area contributed by atoms with E-state index in [4.69, 9.17) is 9.47 Å². The Bertz CT molecular complexity index is 299. The van der Waals surface area contributed by atoms with Gasteiger partial charge in [-0.3, -0.25) is 0 Å². The maximum Gasteiger partial charge on any atom is 0.397 e. The molecule has 7 heteroatoms. The fourth-order valence-electron chi connectivity index (χ4n) is 0.830. The molecule has 1 aromatic heterocycles. The summed E-state index contributed by atoms with van der Waals surface area (Å²) in [5, 5.41) is 6.19. The van der Waals surface area contributed by atoms with Gasteiger partial charge in [0.15, 0.2) is 7.11 Å². The van der Waals surface area contributed by atoms with Gasteiger partial charge in [-0.25, -0.2) is 9.94 Å². The van der Waals surface area contributed by atoms with Crippen molar-refractivity contribution in [2.24, 2.45) is 0 Å². The molecule has 1 N–H and O–H groups in total. The molecule has 0 aliphatic carbocycles. The van der Waals surface area contributed by atoms with Crippen LogP contribution in [0.2, 0.25) is 0 Å². The molecule has 0 saturated heterocycles. The van der Waals surface area contributed by atoms with E-state index < -0.39 is 0 Å². The minimum Gasteiger partial charge on any atom is -0.471 e. The maximum absolute atomic E-state index is 11.1. The van der Waals surface area contributed by atoms with Crippen LogP contribution in [0.4, 0.5) is 5.69 Å². The molecule has 0 unspecified atom stereocenters. The fraction of sp³-hybridized carbons (Fsp3) is 0.571. The first-order valence-electron chi connectivity index (χ1n) is 3.96. The van der Waals surface area contributed by atoms with Crippen molar-refractivity contribution in [1.29, 1.82) is 0 Å². The van der Waals surface area contributed by atoms with Gasteiger partial charge >= 0.3 is 5.69 Å². The Kier molecular flexibility index (Phi) is 3.86. The normalized spacial score (nSPS) is 9.86. The largest absolute Gasteiger partial charge is 0.471 e. The van der Waals surface area contributed by atoms with Gasteiger partial charge in [0.1, 0.15) is 12.8 Å². The Morgan fingerprint density at radius 3 is 2.93 bits per heavy atom. The van der Waals surface area contributed by atoms with Gasteiger partial charge in [0.2, 0.25) is 0 Å². The highest BCUT2D eigenvalue weighted by Gasteiger charge is 2.24. The number of aromatic amines is 1. The first-order valence-corrected chi connectivity index (χ1v) is 3.96. The second-order valence-electron chi connectivity index (χ2n) is 2.37. The molecule has 0 saturated carbocycles. The van der Waals surface area contributed by atoms with Crippen molar-refractivity contribution in [3.8, 4) is 5.88 Å². The van der Waals surface area contributed by atoms with E-state index in [1.54, 1.807) is 7.11 Å². The van der Waals surface area contributed by atoms with E-state index in [1.807, 2.05) is 0 Å². The standard InChI is InChI=1S/C7H12N3O4/c1-12-3-4-14-7-6(5-8-9-7)10(11)13-2/h5H,3-4H2,1-2H3,(H,8,9)/q+1. The van der Waals surface area contributed by atoms with Crippen molar-refractivity contribution in [1.82, 2.24) is 10.2 Å². The van der Waals surface area contributed by atoms with Gasteiger partial charge in [0.05, 0.1) is 11.5 Å². The molecular formula is C7H12N3O4+. The average molecular weight is 202 g/mol. The van der Waals surface area contributed by atoms with Crippen molar-refractivity contribution in [3.63, 3.8) is 0 Å². The third-order valence-electron chi connectivity index (χ3n) is 1.48. The fourth-order valence-corrected chi connectivity index (χ4v) is 0.830. The number of methoxy groups -OCH3 is 1. The van der Waals surface area contributed by atoms with Crippen molar-refractivity contribution in [2.45, 2.75) is 0 Å². The van der Waals surface area contributed by atoms with Gasteiger partial charge in [0.25, 0.3) is 10.8 Å². The summed E-state index contributed by atoms with van der Waals surface area (Å²) in [7, 11) is 2.82. The lowest BCUT2D eigenvalue weighted by molar-refractivity contribution is -0.736. The number of aromatic nitrogens is 2. The molecule has 0 amide bonds. The minimum absolute atomic E-state index is 0.198. The molecule has 0 aromatic carbocycles.